The van der Waals surface area contributed by atoms with E-state index in [0.29, 0.717) is 169 Å². The van der Waals surface area contributed by atoms with Crippen LogP contribution in [0.4, 0.5) is 11.4 Å². The van der Waals surface area contributed by atoms with Crippen molar-refractivity contribution in [1.29, 1.82) is 0 Å². The minimum atomic E-state index is -4.78. The summed E-state index contributed by atoms with van der Waals surface area (Å²) in [5.41, 5.74) is 3.13. The van der Waals surface area contributed by atoms with E-state index in [4.69, 9.17) is 47.4 Å². The molecule has 2 aromatic rings. The molecule has 0 saturated carbocycles. The van der Waals surface area contributed by atoms with Crippen molar-refractivity contribution in [3.05, 3.63) is 95.8 Å². The normalized spacial score (nSPS) is 18.3. The molecule has 2 aliphatic rings. The van der Waals surface area contributed by atoms with E-state index in [1.165, 1.54) is 24.3 Å². The monoisotopic (exact) mass is 1120 g/mol. The fourth-order valence-electron chi connectivity index (χ4n) is 9.05. The van der Waals surface area contributed by atoms with Crippen LogP contribution in [0.15, 0.2) is 94.4 Å². The largest absolute Gasteiger partial charge is 0.744 e. The molecule has 2 atom stereocenters. The second-order valence-electron chi connectivity index (χ2n) is 18.5. The first-order chi connectivity index (χ1) is 37.0. The van der Waals surface area contributed by atoms with Crippen molar-refractivity contribution < 1.29 is 87.8 Å². The van der Waals surface area contributed by atoms with Crippen LogP contribution in [0.2, 0.25) is 0 Å². The number of carbonyl (C=O) groups is 1. The van der Waals surface area contributed by atoms with Gasteiger partial charge in [0.05, 0.1) is 121 Å². The summed E-state index contributed by atoms with van der Waals surface area (Å²) in [6.07, 6.45) is 16.1. The molecule has 2 aliphatic heterocycles. The van der Waals surface area contributed by atoms with Gasteiger partial charge in [-0.25, -0.2) is 16.8 Å². The van der Waals surface area contributed by atoms with Crippen LogP contribution in [0.1, 0.15) is 70.4 Å². The first-order valence-electron chi connectivity index (χ1n) is 26.2. The summed E-state index contributed by atoms with van der Waals surface area (Å²) in [6, 6.07) is 8.92. The Balaban J connectivity index is 1.49. The van der Waals surface area contributed by atoms with Gasteiger partial charge in [0.1, 0.15) is 26.8 Å². The number of allylic oxidation sites excluding steroid dienone is 8. The Bertz CT molecular complexity index is 2500. The van der Waals surface area contributed by atoms with Gasteiger partial charge in [0.15, 0.2) is 5.71 Å². The summed E-state index contributed by atoms with van der Waals surface area (Å²) in [5.74, 6) is -0.865. The van der Waals surface area contributed by atoms with E-state index in [-0.39, 0.29) is 22.8 Å². The molecule has 0 bridgehead atoms. The van der Waals surface area contributed by atoms with Crippen LogP contribution in [0.5, 0.6) is 0 Å². The predicted octanol–water partition coefficient (Wildman–Crippen LogP) is 6.05. The number of fused-ring (bicyclic) bond motifs is 2. The Morgan fingerprint density at radius 2 is 1.03 bits per heavy atom. The van der Waals surface area contributed by atoms with Gasteiger partial charge >= 0.3 is 5.97 Å². The van der Waals surface area contributed by atoms with Gasteiger partial charge in [-0.3, -0.25) is 4.79 Å². The molecule has 0 aromatic heterocycles. The molecule has 0 spiro atoms. The number of unbranched alkanes of at least 4 members (excludes halogenated alkanes) is 2. The molecule has 0 fully saturated rings. The maximum absolute atomic E-state index is 12.3. The number of nitrogens with zero attached hydrogens (tertiary/aromatic N) is 2. The van der Waals surface area contributed by atoms with E-state index < -0.39 is 37.0 Å². The van der Waals surface area contributed by atoms with E-state index in [0.717, 1.165) is 22.8 Å². The lowest BCUT2D eigenvalue weighted by Gasteiger charge is -2.30. The Kier molecular flexibility index (Phi) is 29.4. The van der Waals surface area contributed by atoms with Crippen LogP contribution in [0, 0.1) is 0 Å². The highest BCUT2D eigenvalue weighted by Crippen LogP contribution is 2.50. The highest BCUT2D eigenvalue weighted by Gasteiger charge is 2.48. The number of likely N-dealkylation sites (N-methyl/N-ethyl adjacent to an activating group) is 1. The number of aliphatic carboxylic acids is 1. The maximum Gasteiger partial charge on any atom is 0.303 e. The van der Waals surface area contributed by atoms with Gasteiger partial charge < -0.3 is 66.5 Å². The third-order valence-corrected chi connectivity index (χ3v) is 14.8. The fraction of sp³-hybridized carbons (Fsp3) is 0.600. The lowest BCUT2D eigenvalue weighted by atomic mass is 9.76. The molecule has 77 heavy (non-hydrogen) atoms. The summed E-state index contributed by atoms with van der Waals surface area (Å²) in [4.78, 5) is 12.7. The minimum absolute atomic E-state index is 0.0496. The number of methoxy groups -OCH3 is 2. The quantitative estimate of drug-likeness (QED) is 0.0343. The number of benzene rings is 2. The highest BCUT2D eigenvalue weighted by molar-refractivity contribution is 7.86. The average Bonchev–Trinajstić information content (AvgIpc) is 3.90. The van der Waals surface area contributed by atoms with Gasteiger partial charge in [-0.1, -0.05) is 30.4 Å². The summed E-state index contributed by atoms with van der Waals surface area (Å²) < 4.78 is 131. The number of rotatable bonds is 43. The van der Waals surface area contributed by atoms with Gasteiger partial charge in [0.2, 0.25) is 5.69 Å². The molecular formula is C55H81N2O18S2-. The molecule has 4 rings (SSSR count). The number of anilines is 1. The molecule has 0 saturated heterocycles. The van der Waals surface area contributed by atoms with Crippen LogP contribution in [-0.4, -0.2) is 194 Å². The van der Waals surface area contributed by atoms with E-state index in [2.05, 4.69) is 9.48 Å². The van der Waals surface area contributed by atoms with Crippen LogP contribution >= 0.6 is 0 Å². The lowest BCUT2D eigenvalue weighted by Crippen LogP contribution is -2.33. The number of hydrogen-bond donors (Lipinski definition) is 1. The zero-order valence-electron chi connectivity index (χ0n) is 45.5. The molecule has 2 aromatic carbocycles. The lowest BCUT2D eigenvalue weighted by molar-refractivity contribution is -0.438. The van der Waals surface area contributed by atoms with E-state index in [9.17, 15) is 35.8 Å². The second-order valence-corrected chi connectivity index (χ2v) is 21.2. The Morgan fingerprint density at radius 3 is 1.51 bits per heavy atom. The van der Waals surface area contributed by atoms with Crippen molar-refractivity contribution in [3.63, 3.8) is 0 Å². The van der Waals surface area contributed by atoms with Crippen LogP contribution < -0.4 is 4.90 Å². The molecule has 432 valence electrons. The van der Waals surface area contributed by atoms with Gasteiger partial charge in [-0.15, -0.1) is 0 Å². The fourth-order valence-corrected chi connectivity index (χ4v) is 10.0. The third kappa shape index (κ3) is 21.4. The second kappa shape index (κ2) is 34.7. The van der Waals surface area contributed by atoms with Crippen LogP contribution in [0.3, 0.4) is 0 Å². The molecule has 0 radical (unpaired) electrons. The smallest absolute Gasteiger partial charge is 0.303 e. The maximum atomic E-state index is 12.3. The molecule has 2 unspecified atom stereocenters. The minimum Gasteiger partial charge on any atom is -0.744 e. The molecule has 22 heteroatoms. The number of carboxylic acids is 1. The molecular weight excluding hydrogens is 1040 g/mol. The average molecular weight is 1120 g/mol. The van der Waals surface area contributed by atoms with Crippen LogP contribution in [-0.2, 0) is 83.2 Å². The molecule has 2 heterocycles. The first kappa shape index (κ1) is 65.3. The van der Waals surface area contributed by atoms with Crippen molar-refractivity contribution in [2.24, 2.45) is 0 Å². The van der Waals surface area contributed by atoms with Crippen molar-refractivity contribution in [1.82, 2.24) is 0 Å². The topological polar surface area (TPSA) is 250 Å². The summed E-state index contributed by atoms with van der Waals surface area (Å²) in [5, 5.41) is 9.24. The summed E-state index contributed by atoms with van der Waals surface area (Å²) >= 11 is 0. The summed E-state index contributed by atoms with van der Waals surface area (Å²) in [7, 11) is -6.28. The van der Waals surface area contributed by atoms with Crippen molar-refractivity contribution >= 4 is 43.3 Å². The Hall–Kier alpha value is -4.24. The molecule has 20 nitrogen and oxygen atoms in total. The van der Waals surface area contributed by atoms with Crippen LogP contribution in [0.25, 0.3) is 0 Å². The van der Waals surface area contributed by atoms with E-state index in [1.54, 1.807) is 26.4 Å². The Labute approximate surface area is 456 Å². The van der Waals surface area contributed by atoms with Gasteiger partial charge in [0.25, 0.3) is 0 Å². The Morgan fingerprint density at radius 1 is 0.584 bits per heavy atom. The zero-order chi connectivity index (χ0) is 56.0. The standard InChI is InChI=1S/C55H82N2O18S2/c1-6-56-49-20-18-45(76(60,61)62)43-47(49)54(2,22-25-68-31-33-72-39-41-74-37-35-70-29-27-66-4)51(56)15-11-8-7-9-12-16-52-55(3,23-26-69-32-34-73-40-42-75-38-36-71-30-28-67-5)48-44-46(77(63,64)65)19-21-50(48)57(52)24-14-10-13-17-53(58)59/h7-9,11-12,15-16,18-21,43-44H,6,10,13-14,17,22-42H2,1-5H3,(H2-,58,59,60,61,62,63,64,65)/p-1. The van der Waals surface area contributed by atoms with Gasteiger partial charge in [-0.05, 0) is 88.4 Å². The molecule has 0 amide bonds. The third-order valence-electron chi connectivity index (χ3n) is 13.1. The van der Waals surface area contributed by atoms with Gasteiger partial charge in [-0.2, -0.15) is 4.58 Å². The SMILES string of the molecule is CCN1/C(=C/C=C/C=C/C=C/C2=[N+](CCCCCC(=O)O)c3ccc(S(=O)(=O)[O-])cc3C2(C)CCOCCOCCOCCOCCOC)C(C)(CCOCCOCCOCCOCCOC)c2cc(S(=O)(=O)[O-])ccc21. The predicted molar refractivity (Wildman–Crippen MR) is 287 cm³/mol. The molecule has 1 N–H and O–H groups in total. The van der Waals surface area contributed by atoms with Gasteiger partial charge in [0, 0.05) is 81.3 Å². The van der Waals surface area contributed by atoms with E-state index in [1.807, 2.05) is 63.3 Å². The van der Waals surface area contributed by atoms with E-state index >= 15 is 0 Å². The number of hydrogen-bond acceptors (Lipinski definition) is 18. The van der Waals surface area contributed by atoms with Crippen molar-refractivity contribution in [2.75, 3.05) is 151 Å². The first-order valence-corrected chi connectivity index (χ1v) is 29.0. The number of ether oxygens (including phenoxy) is 10. The summed E-state index contributed by atoms with van der Waals surface area (Å²) in [6.45, 7) is 14.5. The highest BCUT2D eigenvalue weighted by atomic mass is 32.2. The zero-order valence-corrected chi connectivity index (χ0v) is 47.1. The van der Waals surface area contributed by atoms with Crippen molar-refractivity contribution in [3.8, 4) is 0 Å². The van der Waals surface area contributed by atoms with Crippen molar-refractivity contribution in [2.45, 2.75) is 79.9 Å². The number of carboxylic acid groups (broad SMARTS) is 1. The molecule has 0 aliphatic carbocycles.